The van der Waals surface area contributed by atoms with Crippen molar-refractivity contribution >= 4 is 11.8 Å². The molecule has 23 heavy (non-hydrogen) atoms. The minimum Gasteiger partial charge on any atom is -0.497 e. The third-order valence-electron chi connectivity index (χ3n) is 4.12. The predicted octanol–water partition coefficient (Wildman–Crippen LogP) is 5.82. The average Bonchev–Trinajstić information content (AvgIpc) is 2.59. The van der Waals surface area contributed by atoms with Gasteiger partial charge in [-0.1, -0.05) is 63.5 Å². The molecule has 3 heteroatoms. The molecule has 0 bridgehead atoms. The van der Waals surface area contributed by atoms with Gasteiger partial charge in [-0.2, -0.15) is 11.8 Å². The van der Waals surface area contributed by atoms with Gasteiger partial charge in [0.25, 0.3) is 0 Å². The van der Waals surface area contributed by atoms with Crippen LogP contribution in [0.1, 0.15) is 69.8 Å². The largest absolute Gasteiger partial charge is 0.497 e. The van der Waals surface area contributed by atoms with Crippen molar-refractivity contribution in [1.82, 2.24) is 0 Å². The van der Waals surface area contributed by atoms with Crippen molar-refractivity contribution in [2.45, 2.75) is 70.0 Å². The Kier molecular flexibility index (Phi) is 13.2. The molecular weight excluding hydrogens is 304 g/mol. The van der Waals surface area contributed by atoms with Crippen LogP contribution in [-0.2, 0) is 5.75 Å². The van der Waals surface area contributed by atoms with Gasteiger partial charge < -0.3 is 9.84 Å². The first kappa shape index (κ1) is 20.4. The minimum atomic E-state index is 0.358. The van der Waals surface area contributed by atoms with Gasteiger partial charge in [0.15, 0.2) is 0 Å². The van der Waals surface area contributed by atoms with Gasteiger partial charge in [-0.25, -0.2) is 0 Å². The van der Waals surface area contributed by atoms with Crippen LogP contribution in [0, 0.1) is 0 Å². The quantitative estimate of drug-likeness (QED) is 0.408. The second kappa shape index (κ2) is 14.9. The molecule has 0 heterocycles. The van der Waals surface area contributed by atoms with E-state index in [-0.39, 0.29) is 0 Å². The summed E-state index contributed by atoms with van der Waals surface area (Å²) in [5, 5.41) is 8.71. The molecule has 0 saturated carbocycles. The highest BCUT2D eigenvalue weighted by molar-refractivity contribution is 7.98. The molecule has 0 aromatic heterocycles. The third-order valence-corrected chi connectivity index (χ3v) is 5.24. The Balaban J connectivity index is 1.82. The standard InChI is InChI=1S/C20H34O2S/c1-22-20-14-12-19(13-15-20)18-23-17-11-9-7-5-3-2-4-6-8-10-16-21/h12-15,21H,2-11,16-18H2,1H3. The molecule has 2 nitrogen and oxygen atoms in total. The van der Waals surface area contributed by atoms with E-state index >= 15 is 0 Å². The Morgan fingerprint density at radius 1 is 0.783 bits per heavy atom. The zero-order chi connectivity index (χ0) is 16.6. The van der Waals surface area contributed by atoms with Gasteiger partial charge in [0, 0.05) is 12.4 Å². The number of aliphatic hydroxyl groups is 1. The van der Waals surface area contributed by atoms with E-state index in [1.54, 1.807) is 7.11 Å². The number of benzene rings is 1. The molecule has 1 aromatic rings. The van der Waals surface area contributed by atoms with Crippen molar-refractivity contribution < 1.29 is 9.84 Å². The van der Waals surface area contributed by atoms with Crippen molar-refractivity contribution in [1.29, 1.82) is 0 Å². The highest BCUT2D eigenvalue weighted by Gasteiger charge is 1.96. The van der Waals surface area contributed by atoms with Gasteiger partial charge in [-0.15, -0.1) is 0 Å². The fourth-order valence-corrected chi connectivity index (χ4v) is 3.62. The van der Waals surface area contributed by atoms with Gasteiger partial charge in [0.05, 0.1) is 7.11 Å². The first-order valence-electron chi connectivity index (χ1n) is 9.18. The van der Waals surface area contributed by atoms with Crippen molar-refractivity contribution in [3.8, 4) is 5.75 Å². The molecule has 0 spiro atoms. The van der Waals surface area contributed by atoms with E-state index in [0.717, 1.165) is 17.9 Å². The number of unbranched alkanes of at least 4 members (excludes halogenated alkanes) is 9. The normalized spacial score (nSPS) is 10.9. The topological polar surface area (TPSA) is 29.5 Å². The first-order valence-corrected chi connectivity index (χ1v) is 10.3. The smallest absolute Gasteiger partial charge is 0.118 e. The van der Waals surface area contributed by atoms with E-state index in [1.165, 1.54) is 69.1 Å². The monoisotopic (exact) mass is 338 g/mol. The summed E-state index contributed by atoms with van der Waals surface area (Å²) in [5.41, 5.74) is 1.39. The molecule has 1 aromatic carbocycles. The Morgan fingerprint density at radius 2 is 1.30 bits per heavy atom. The molecule has 132 valence electrons. The lowest BCUT2D eigenvalue weighted by Crippen LogP contribution is -1.87. The zero-order valence-electron chi connectivity index (χ0n) is 14.8. The minimum absolute atomic E-state index is 0.358. The molecule has 0 radical (unpaired) electrons. The summed E-state index contributed by atoms with van der Waals surface area (Å²) in [4.78, 5) is 0. The molecule has 1 rings (SSSR count). The molecule has 1 N–H and O–H groups in total. The van der Waals surface area contributed by atoms with Gasteiger partial charge in [0.2, 0.25) is 0 Å². The van der Waals surface area contributed by atoms with E-state index in [2.05, 4.69) is 12.1 Å². The lowest BCUT2D eigenvalue weighted by molar-refractivity contribution is 0.282. The summed E-state index contributed by atoms with van der Waals surface area (Å²) >= 11 is 2.04. The summed E-state index contributed by atoms with van der Waals surface area (Å²) in [6.45, 7) is 0.358. The number of rotatable bonds is 15. The molecular formula is C20H34O2S. The predicted molar refractivity (Wildman–Crippen MR) is 102 cm³/mol. The fourth-order valence-electron chi connectivity index (χ4n) is 2.64. The maximum absolute atomic E-state index is 8.71. The molecule has 0 aliphatic rings. The lowest BCUT2D eigenvalue weighted by Gasteiger charge is -2.04. The summed E-state index contributed by atoms with van der Waals surface area (Å²) in [5.74, 6) is 3.32. The zero-order valence-corrected chi connectivity index (χ0v) is 15.6. The van der Waals surface area contributed by atoms with Crippen LogP contribution in [0.3, 0.4) is 0 Å². The van der Waals surface area contributed by atoms with Crippen molar-refractivity contribution in [2.75, 3.05) is 19.5 Å². The highest BCUT2D eigenvalue weighted by atomic mass is 32.2. The average molecular weight is 339 g/mol. The van der Waals surface area contributed by atoms with Crippen molar-refractivity contribution in [3.63, 3.8) is 0 Å². The third kappa shape index (κ3) is 11.5. The van der Waals surface area contributed by atoms with Crippen LogP contribution in [0.2, 0.25) is 0 Å². The van der Waals surface area contributed by atoms with Crippen LogP contribution < -0.4 is 4.74 Å². The number of hydrogen-bond donors (Lipinski definition) is 1. The van der Waals surface area contributed by atoms with E-state index in [1.807, 2.05) is 23.9 Å². The second-order valence-electron chi connectivity index (χ2n) is 6.16. The Morgan fingerprint density at radius 3 is 1.83 bits per heavy atom. The van der Waals surface area contributed by atoms with Crippen molar-refractivity contribution in [3.05, 3.63) is 29.8 Å². The van der Waals surface area contributed by atoms with Gasteiger partial charge in [0.1, 0.15) is 5.75 Å². The first-order chi connectivity index (χ1) is 11.4. The van der Waals surface area contributed by atoms with Gasteiger partial charge >= 0.3 is 0 Å². The molecule has 0 fully saturated rings. The van der Waals surface area contributed by atoms with Crippen LogP contribution in [0.15, 0.2) is 24.3 Å². The van der Waals surface area contributed by atoms with Crippen LogP contribution >= 0.6 is 11.8 Å². The molecule has 0 atom stereocenters. The summed E-state index contributed by atoms with van der Waals surface area (Å²) in [6, 6.07) is 8.40. The van der Waals surface area contributed by atoms with E-state index in [4.69, 9.17) is 9.84 Å². The SMILES string of the molecule is COc1ccc(CSCCCCCCCCCCCCO)cc1. The molecule has 0 aliphatic carbocycles. The van der Waals surface area contributed by atoms with Crippen LogP contribution in [0.4, 0.5) is 0 Å². The fraction of sp³-hybridized carbons (Fsp3) is 0.700. The number of hydrogen-bond acceptors (Lipinski definition) is 3. The molecule has 0 aliphatic heterocycles. The Bertz CT molecular complexity index is 364. The van der Waals surface area contributed by atoms with E-state index in [0.29, 0.717) is 6.61 Å². The Labute approximate surface area is 147 Å². The summed E-state index contributed by atoms with van der Waals surface area (Å²) < 4.78 is 5.17. The van der Waals surface area contributed by atoms with E-state index < -0.39 is 0 Å². The number of methoxy groups -OCH3 is 1. The van der Waals surface area contributed by atoms with Gasteiger partial charge in [-0.05, 0) is 36.3 Å². The highest BCUT2D eigenvalue weighted by Crippen LogP contribution is 2.18. The van der Waals surface area contributed by atoms with Crippen LogP contribution in [-0.4, -0.2) is 24.6 Å². The Hall–Kier alpha value is -0.670. The maximum atomic E-state index is 8.71. The second-order valence-corrected chi connectivity index (χ2v) is 7.26. The molecule has 0 unspecified atom stereocenters. The maximum Gasteiger partial charge on any atom is 0.118 e. The number of thioether (sulfide) groups is 1. The number of ether oxygens (including phenoxy) is 1. The van der Waals surface area contributed by atoms with Crippen LogP contribution in [0.5, 0.6) is 5.75 Å². The molecule has 0 amide bonds. The molecule has 0 saturated heterocycles. The summed E-state index contributed by atoms with van der Waals surface area (Å²) in [7, 11) is 1.71. The van der Waals surface area contributed by atoms with Gasteiger partial charge in [-0.3, -0.25) is 0 Å². The number of aliphatic hydroxyl groups excluding tert-OH is 1. The van der Waals surface area contributed by atoms with Crippen LogP contribution in [0.25, 0.3) is 0 Å². The summed E-state index contributed by atoms with van der Waals surface area (Å²) in [6.07, 6.45) is 13.1. The van der Waals surface area contributed by atoms with E-state index in [9.17, 15) is 0 Å². The van der Waals surface area contributed by atoms with Crippen molar-refractivity contribution in [2.24, 2.45) is 0 Å². The lowest BCUT2D eigenvalue weighted by atomic mass is 10.1.